The summed E-state index contributed by atoms with van der Waals surface area (Å²) in [6.45, 7) is 1.70. The topological polar surface area (TPSA) is 47.6 Å². The summed E-state index contributed by atoms with van der Waals surface area (Å²) in [4.78, 5) is 12.4. The second-order valence-corrected chi connectivity index (χ2v) is 6.62. The van der Waals surface area contributed by atoms with Gasteiger partial charge in [-0.25, -0.2) is 4.39 Å². The molecule has 1 N–H and O–H groups in total. The van der Waals surface area contributed by atoms with Crippen molar-refractivity contribution < 1.29 is 18.7 Å². The van der Waals surface area contributed by atoms with Crippen molar-refractivity contribution in [1.29, 1.82) is 0 Å². The lowest BCUT2D eigenvalue weighted by Gasteiger charge is -2.34. The number of carbonyl (C=O) groups excluding carboxylic acids is 1. The van der Waals surface area contributed by atoms with Crippen molar-refractivity contribution in [2.75, 3.05) is 19.8 Å². The molecule has 6 heteroatoms. The molecule has 1 saturated carbocycles. The highest BCUT2D eigenvalue weighted by molar-refractivity contribution is 6.33. The first-order valence-corrected chi connectivity index (χ1v) is 8.47. The molecular formula is C17H21ClFNO3. The molecule has 1 aliphatic carbocycles. The van der Waals surface area contributed by atoms with Crippen LogP contribution in [0.25, 0.3) is 0 Å². The molecule has 1 heterocycles. The Morgan fingerprint density at radius 3 is 2.91 bits per heavy atom. The Kier molecular flexibility index (Phi) is 5.51. The van der Waals surface area contributed by atoms with Crippen LogP contribution >= 0.6 is 11.6 Å². The number of hydrogen-bond acceptors (Lipinski definition) is 3. The molecule has 0 unspecified atom stereocenters. The predicted octanol–water partition coefficient (Wildman–Crippen LogP) is 3.18. The Balaban J connectivity index is 1.62. The van der Waals surface area contributed by atoms with Gasteiger partial charge < -0.3 is 14.8 Å². The van der Waals surface area contributed by atoms with Gasteiger partial charge in [-0.1, -0.05) is 24.1 Å². The third kappa shape index (κ3) is 4.03. The van der Waals surface area contributed by atoms with Crippen molar-refractivity contribution in [3.05, 3.63) is 34.6 Å². The zero-order valence-corrected chi connectivity index (χ0v) is 13.7. The van der Waals surface area contributed by atoms with Gasteiger partial charge in [0.15, 0.2) is 0 Å². The summed E-state index contributed by atoms with van der Waals surface area (Å²) in [5.41, 5.74) is -0.127. The van der Waals surface area contributed by atoms with Gasteiger partial charge in [0, 0.05) is 13.2 Å². The van der Waals surface area contributed by atoms with Crippen LogP contribution in [0.5, 0.6) is 0 Å². The monoisotopic (exact) mass is 341 g/mol. The lowest BCUT2D eigenvalue weighted by atomic mass is 9.86. The first-order chi connectivity index (χ1) is 11.1. The first kappa shape index (κ1) is 16.7. The fraction of sp³-hybridized carbons (Fsp3) is 0.588. The van der Waals surface area contributed by atoms with Gasteiger partial charge in [-0.15, -0.1) is 0 Å². The van der Waals surface area contributed by atoms with Gasteiger partial charge in [-0.2, -0.15) is 0 Å². The molecule has 4 nitrogen and oxygen atoms in total. The van der Waals surface area contributed by atoms with E-state index in [0.717, 1.165) is 13.0 Å². The van der Waals surface area contributed by atoms with E-state index in [2.05, 4.69) is 5.32 Å². The minimum atomic E-state index is -0.626. The Bertz CT molecular complexity index is 545. The highest BCUT2D eigenvalue weighted by atomic mass is 35.5. The minimum Gasteiger partial charge on any atom is -0.379 e. The molecule has 0 spiro atoms. The maximum atomic E-state index is 13.9. The molecule has 1 aromatic rings. The summed E-state index contributed by atoms with van der Waals surface area (Å²) in [5.74, 6) is -0.519. The van der Waals surface area contributed by atoms with Crippen LogP contribution in [-0.4, -0.2) is 37.9 Å². The largest absolute Gasteiger partial charge is 0.379 e. The second kappa shape index (κ2) is 7.60. The first-order valence-electron chi connectivity index (χ1n) is 8.09. The second-order valence-electron chi connectivity index (χ2n) is 6.21. The number of hydrogen-bond donors (Lipinski definition) is 1. The maximum absolute atomic E-state index is 13.9. The average Bonchev–Trinajstić information content (AvgIpc) is 2.47. The average molecular weight is 342 g/mol. The van der Waals surface area contributed by atoms with Crippen molar-refractivity contribution in [3.8, 4) is 0 Å². The molecule has 1 aromatic carbocycles. The Morgan fingerprint density at radius 1 is 1.39 bits per heavy atom. The van der Waals surface area contributed by atoms with Crippen LogP contribution in [0.2, 0.25) is 5.02 Å². The summed E-state index contributed by atoms with van der Waals surface area (Å²) in [6, 6.07) is 3.92. The van der Waals surface area contributed by atoms with Crippen molar-refractivity contribution in [2.24, 2.45) is 5.92 Å². The van der Waals surface area contributed by atoms with Crippen molar-refractivity contribution in [3.63, 3.8) is 0 Å². The number of nitrogens with one attached hydrogen (secondary N) is 1. The van der Waals surface area contributed by atoms with Gasteiger partial charge >= 0.3 is 0 Å². The lowest BCUT2D eigenvalue weighted by Crippen LogP contribution is -2.51. The summed E-state index contributed by atoms with van der Waals surface area (Å²) in [7, 11) is 0. The molecule has 1 amide bonds. The smallest absolute Gasteiger partial charge is 0.256 e. The van der Waals surface area contributed by atoms with Crippen molar-refractivity contribution in [1.82, 2.24) is 5.32 Å². The molecule has 2 aliphatic rings. The van der Waals surface area contributed by atoms with Crippen LogP contribution in [0.15, 0.2) is 18.2 Å². The molecule has 0 bridgehead atoms. The van der Waals surface area contributed by atoms with E-state index in [1.165, 1.54) is 37.5 Å². The molecule has 1 aliphatic heterocycles. The van der Waals surface area contributed by atoms with Gasteiger partial charge in [-0.3, -0.25) is 4.79 Å². The minimum absolute atomic E-state index is 0.0983. The molecule has 3 rings (SSSR count). The van der Waals surface area contributed by atoms with E-state index in [1.807, 2.05) is 0 Å². The predicted molar refractivity (Wildman–Crippen MR) is 85.2 cm³/mol. The van der Waals surface area contributed by atoms with Crippen LogP contribution in [0.3, 0.4) is 0 Å². The zero-order valence-electron chi connectivity index (χ0n) is 12.9. The molecule has 23 heavy (non-hydrogen) atoms. The van der Waals surface area contributed by atoms with E-state index in [0.29, 0.717) is 19.1 Å². The molecule has 1 saturated heterocycles. The number of amides is 1. The highest BCUT2D eigenvalue weighted by Crippen LogP contribution is 2.27. The normalized spacial score (nSPS) is 25.0. The van der Waals surface area contributed by atoms with Crippen molar-refractivity contribution in [2.45, 2.75) is 37.8 Å². The Hall–Kier alpha value is -1.17. The van der Waals surface area contributed by atoms with Crippen LogP contribution in [-0.2, 0) is 9.47 Å². The number of carbonyl (C=O) groups is 1. The number of rotatable bonds is 5. The third-order valence-electron chi connectivity index (χ3n) is 4.57. The van der Waals surface area contributed by atoms with Gasteiger partial charge in [0.05, 0.1) is 29.3 Å². The quantitative estimate of drug-likeness (QED) is 0.894. The Morgan fingerprint density at radius 2 is 2.22 bits per heavy atom. The number of benzene rings is 1. The molecule has 0 aromatic heterocycles. The van der Waals surface area contributed by atoms with E-state index in [9.17, 15) is 9.18 Å². The zero-order chi connectivity index (χ0) is 16.2. The number of ether oxygens (including phenoxy) is 2. The summed E-state index contributed by atoms with van der Waals surface area (Å²) in [5, 5.41) is 2.92. The standard InChI is InChI=1S/C17H21ClFNO3/c18-12-5-2-6-13(19)16(12)17(21)20-14-10-22-8-7-15(14)23-9-11-3-1-4-11/h2,5-6,11,14-15H,1,3-4,7-10H2,(H,20,21)/t14-,15+/m1/s1. The Labute approximate surface area is 140 Å². The molecular weight excluding hydrogens is 321 g/mol. The van der Waals surface area contributed by atoms with E-state index in [4.69, 9.17) is 21.1 Å². The molecule has 2 atom stereocenters. The summed E-state index contributed by atoms with van der Waals surface area (Å²) in [6.07, 6.45) is 4.32. The van der Waals surface area contributed by atoms with Crippen LogP contribution in [0, 0.1) is 11.7 Å². The van der Waals surface area contributed by atoms with Crippen molar-refractivity contribution >= 4 is 17.5 Å². The van der Waals surface area contributed by atoms with Crippen LogP contribution in [0.1, 0.15) is 36.0 Å². The highest BCUT2D eigenvalue weighted by Gasteiger charge is 2.30. The summed E-state index contributed by atoms with van der Waals surface area (Å²) < 4.78 is 25.3. The molecule has 0 radical (unpaired) electrons. The lowest BCUT2D eigenvalue weighted by molar-refractivity contribution is -0.0697. The van der Waals surface area contributed by atoms with Gasteiger partial charge in [-0.05, 0) is 37.3 Å². The van der Waals surface area contributed by atoms with Crippen LogP contribution < -0.4 is 5.32 Å². The SMILES string of the molecule is O=C(N[C@@H]1COCC[C@@H]1OCC1CCC1)c1c(F)cccc1Cl. The maximum Gasteiger partial charge on any atom is 0.256 e. The van der Waals surface area contributed by atoms with E-state index in [-0.39, 0.29) is 22.7 Å². The fourth-order valence-corrected chi connectivity index (χ4v) is 3.18. The van der Waals surface area contributed by atoms with E-state index < -0.39 is 11.7 Å². The van der Waals surface area contributed by atoms with Gasteiger partial charge in [0.2, 0.25) is 0 Å². The van der Waals surface area contributed by atoms with Crippen LogP contribution in [0.4, 0.5) is 4.39 Å². The molecule has 126 valence electrons. The van der Waals surface area contributed by atoms with Gasteiger partial charge in [0.1, 0.15) is 5.82 Å². The molecule has 2 fully saturated rings. The third-order valence-corrected chi connectivity index (χ3v) is 4.88. The van der Waals surface area contributed by atoms with E-state index >= 15 is 0 Å². The number of halogens is 2. The summed E-state index contributed by atoms with van der Waals surface area (Å²) >= 11 is 5.94. The van der Waals surface area contributed by atoms with Gasteiger partial charge in [0.25, 0.3) is 5.91 Å². The fourth-order valence-electron chi connectivity index (χ4n) is 2.93. The van der Waals surface area contributed by atoms with E-state index in [1.54, 1.807) is 0 Å².